The molecule has 4 rings (SSSR count). The van der Waals surface area contributed by atoms with Gasteiger partial charge in [-0.1, -0.05) is 42.5 Å². The highest BCUT2D eigenvalue weighted by Gasteiger charge is 2.61. The summed E-state index contributed by atoms with van der Waals surface area (Å²) in [5, 5.41) is 9.48. The molecule has 44 heavy (non-hydrogen) atoms. The number of anilines is 1. The van der Waals surface area contributed by atoms with Crippen LogP contribution < -0.4 is 10.1 Å². The molecule has 9 nitrogen and oxygen atoms in total. The van der Waals surface area contributed by atoms with E-state index >= 15 is 0 Å². The third-order valence-corrected chi connectivity index (χ3v) is 6.30. The molecule has 0 fully saturated rings. The van der Waals surface area contributed by atoms with Gasteiger partial charge in [-0.25, -0.2) is 9.78 Å². The minimum Gasteiger partial charge on any atom is -0.474 e. The molecule has 0 aliphatic carbocycles. The summed E-state index contributed by atoms with van der Waals surface area (Å²) in [6.45, 7) is 5.58. The van der Waals surface area contributed by atoms with Crippen LogP contribution in [0.15, 0.2) is 53.0 Å². The summed E-state index contributed by atoms with van der Waals surface area (Å²) < 4.78 is 109. The van der Waals surface area contributed by atoms with Gasteiger partial charge in [0.1, 0.15) is 17.3 Å². The maximum Gasteiger partial charge on any atom is 0.426 e. The second-order valence-corrected chi connectivity index (χ2v) is 11.0. The van der Waals surface area contributed by atoms with Crippen molar-refractivity contribution < 1.29 is 49.8 Å². The van der Waals surface area contributed by atoms with Gasteiger partial charge in [-0.05, 0) is 52.2 Å². The molecule has 2 atom stereocenters. The lowest BCUT2D eigenvalue weighted by atomic mass is 9.95. The van der Waals surface area contributed by atoms with Crippen LogP contribution in [0.25, 0.3) is 11.6 Å². The summed E-state index contributed by atoms with van der Waals surface area (Å²) >= 11 is 0. The van der Waals surface area contributed by atoms with Gasteiger partial charge in [0.05, 0.1) is 12.3 Å². The highest BCUT2D eigenvalue weighted by atomic mass is 19.4. The van der Waals surface area contributed by atoms with Gasteiger partial charge < -0.3 is 18.6 Å². The molecule has 2 aromatic heterocycles. The average molecular weight is 629 g/mol. The molecule has 1 aliphatic heterocycles. The molecule has 1 N–H and O–H groups in total. The van der Waals surface area contributed by atoms with Gasteiger partial charge in [-0.3, -0.25) is 5.32 Å². The SMILES string of the molecule is C[C@H]1C/C=C\CC[C@](OCc2ccccc2)(C(F)(F)F)c2nnc(o2)-c2nc(c(C(F)(F)F)cc2NC(=O)OC(C)(C)C)O1. The Labute approximate surface area is 248 Å². The van der Waals surface area contributed by atoms with E-state index in [4.69, 9.17) is 18.6 Å². The van der Waals surface area contributed by atoms with Crippen molar-refractivity contribution in [2.24, 2.45) is 0 Å². The fraction of sp³-hybridized carbons (Fsp3) is 0.448. The first-order valence-electron chi connectivity index (χ1n) is 13.5. The van der Waals surface area contributed by atoms with E-state index in [1.807, 2.05) is 0 Å². The number of alkyl halides is 6. The monoisotopic (exact) mass is 628 g/mol. The first-order valence-corrected chi connectivity index (χ1v) is 13.5. The van der Waals surface area contributed by atoms with E-state index in [9.17, 15) is 31.1 Å². The quantitative estimate of drug-likeness (QED) is 0.229. The van der Waals surface area contributed by atoms with Crippen LogP contribution >= 0.6 is 0 Å². The van der Waals surface area contributed by atoms with Gasteiger partial charge in [-0.15, -0.1) is 10.2 Å². The third kappa shape index (κ3) is 7.68. The van der Waals surface area contributed by atoms with Crippen molar-refractivity contribution in [3.05, 3.63) is 65.6 Å². The van der Waals surface area contributed by atoms with Crippen LogP contribution in [0.1, 0.15) is 64.0 Å². The fourth-order valence-electron chi connectivity index (χ4n) is 4.24. The van der Waals surface area contributed by atoms with E-state index < -0.39 is 83.4 Å². The Bertz CT molecular complexity index is 1480. The molecule has 0 unspecified atom stereocenters. The molecular formula is C29H30F6N4O5. The number of benzene rings is 1. The Morgan fingerprint density at radius 3 is 2.41 bits per heavy atom. The van der Waals surface area contributed by atoms with Crippen LogP contribution in [0.4, 0.5) is 36.8 Å². The minimum atomic E-state index is -5.07. The summed E-state index contributed by atoms with van der Waals surface area (Å²) in [6.07, 6.45) is -9.95. The molecule has 1 aliphatic rings. The van der Waals surface area contributed by atoms with Crippen molar-refractivity contribution >= 4 is 11.8 Å². The van der Waals surface area contributed by atoms with Gasteiger partial charge in [-0.2, -0.15) is 26.3 Å². The van der Waals surface area contributed by atoms with Crippen LogP contribution in [0, 0.1) is 0 Å². The minimum absolute atomic E-state index is 0.0501. The summed E-state index contributed by atoms with van der Waals surface area (Å²) in [7, 11) is 0. The van der Waals surface area contributed by atoms with E-state index in [0.717, 1.165) is 0 Å². The molecule has 238 valence electrons. The maximum atomic E-state index is 14.9. The first-order chi connectivity index (χ1) is 20.5. The number of rotatable bonds is 4. The zero-order chi connectivity index (χ0) is 32.3. The van der Waals surface area contributed by atoms with Crippen molar-refractivity contribution in [3.63, 3.8) is 0 Å². The van der Waals surface area contributed by atoms with E-state index in [0.29, 0.717) is 11.6 Å². The number of ether oxygens (including phenoxy) is 3. The first kappa shape index (κ1) is 32.8. The second kappa shape index (κ2) is 12.5. The Morgan fingerprint density at radius 1 is 1.07 bits per heavy atom. The highest BCUT2D eigenvalue weighted by molar-refractivity contribution is 5.89. The number of halogens is 6. The van der Waals surface area contributed by atoms with Gasteiger partial charge in [0.25, 0.3) is 11.8 Å². The molecule has 0 saturated heterocycles. The predicted molar refractivity (Wildman–Crippen MR) is 144 cm³/mol. The number of fused-ring (bicyclic) bond motifs is 5. The van der Waals surface area contributed by atoms with Crippen molar-refractivity contribution in [3.8, 4) is 17.5 Å². The Hall–Kier alpha value is -4.14. The summed E-state index contributed by atoms with van der Waals surface area (Å²) in [6, 6.07) is 8.64. The molecule has 1 amide bonds. The topological polar surface area (TPSA) is 109 Å². The number of amides is 1. The van der Waals surface area contributed by atoms with Gasteiger partial charge in [0, 0.05) is 6.42 Å². The summed E-state index contributed by atoms with van der Waals surface area (Å²) in [5.41, 5.74) is -6.24. The zero-order valence-corrected chi connectivity index (χ0v) is 24.2. The number of carbonyl (C=O) groups is 1. The van der Waals surface area contributed by atoms with Crippen molar-refractivity contribution in [1.82, 2.24) is 15.2 Å². The lowest BCUT2D eigenvalue weighted by Gasteiger charge is -2.32. The largest absolute Gasteiger partial charge is 0.474 e. The van der Waals surface area contributed by atoms with Crippen molar-refractivity contribution in [2.75, 3.05) is 5.32 Å². The lowest BCUT2D eigenvalue weighted by Crippen LogP contribution is -2.45. The number of nitrogens with one attached hydrogen (secondary N) is 1. The Morgan fingerprint density at radius 2 is 1.77 bits per heavy atom. The number of allylic oxidation sites excluding steroid dienone is 1. The zero-order valence-electron chi connectivity index (χ0n) is 24.2. The van der Waals surface area contributed by atoms with Crippen LogP contribution in [0.3, 0.4) is 0 Å². The van der Waals surface area contributed by atoms with Crippen LogP contribution in [-0.2, 0) is 27.9 Å². The molecule has 0 radical (unpaired) electrons. The molecule has 3 heterocycles. The number of nitrogens with zero attached hydrogens (tertiary/aromatic N) is 3. The van der Waals surface area contributed by atoms with Crippen molar-refractivity contribution in [2.45, 2.75) is 83.2 Å². The van der Waals surface area contributed by atoms with Gasteiger partial charge >= 0.3 is 18.4 Å². The summed E-state index contributed by atoms with van der Waals surface area (Å²) in [4.78, 5) is 16.5. The van der Waals surface area contributed by atoms with Crippen molar-refractivity contribution in [1.29, 1.82) is 0 Å². The summed E-state index contributed by atoms with van der Waals surface area (Å²) in [5.74, 6) is -2.62. The Balaban J connectivity index is 1.90. The van der Waals surface area contributed by atoms with Crippen LogP contribution in [-0.4, -0.2) is 39.2 Å². The van der Waals surface area contributed by atoms with Gasteiger partial charge in [0.2, 0.25) is 11.5 Å². The smallest absolute Gasteiger partial charge is 0.426 e. The van der Waals surface area contributed by atoms with E-state index in [1.165, 1.54) is 39.8 Å². The maximum absolute atomic E-state index is 14.9. The lowest BCUT2D eigenvalue weighted by molar-refractivity contribution is -0.299. The predicted octanol–water partition coefficient (Wildman–Crippen LogP) is 7.98. The number of hydrogen-bond donors (Lipinski definition) is 1. The molecule has 4 bridgehead atoms. The van der Waals surface area contributed by atoms with E-state index in [2.05, 4.69) is 20.5 Å². The number of carbonyl (C=O) groups excluding carboxylic acids is 1. The molecule has 1 aromatic carbocycles. The number of pyridine rings is 1. The Kier molecular flexibility index (Phi) is 9.28. The molecule has 0 saturated carbocycles. The third-order valence-electron chi connectivity index (χ3n) is 6.30. The fourth-order valence-corrected chi connectivity index (χ4v) is 4.24. The standard InChI is InChI=1S/C29H30F6N4O5/c1-17-11-7-6-10-14-27(29(33,34)35,41-16-18-12-8-5-9-13-18)24-39-38-23(43-24)21-20(36-25(40)44-26(2,3)4)15-19(28(30,31)32)22(37-21)42-17/h5-9,12-13,15,17H,10-11,14,16H2,1-4H3,(H,36,40)/b7-6-/t17-,27+/m0/s1. The molecule has 0 spiro atoms. The number of hydrogen-bond acceptors (Lipinski definition) is 8. The average Bonchev–Trinajstić information content (AvgIpc) is 3.39. The molecule has 15 heteroatoms. The highest BCUT2D eigenvalue weighted by Crippen LogP contribution is 2.47. The second-order valence-electron chi connectivity index (χ2n) is 11.0. The molecular weight excluding hydrogens is 598 g/mol. The van der Waals surface area contributed by atoms with E-state index in [-0.39, 0.29) is 12.8 Å². The molecule has 3 aromatic rings. The van der Waals surface area contributed by atoms with Crippen LogP contribution in [0.2, 0.25) is 0 Å². The number of aromatic nitrogens is 3. The van der Waals surface area contributed by atoms with E-state index in [1.54, 1.807) is 30.3 Å². The van der Waals surface area contributed by atoms with Crippen LogP contribution in [0.5, 0.6) is 5.88 Å². The van der Waals surface area contributed by atoms with Gasteiger partial charge in [0.15, 0.2) is 5.69 Å². The normalized spacial score (nSPS) is 20.3.